The normalized spacial score (nSPS) is 12.7. The maximum Gasteiger partial charge on any atom is 0.114 e. The van der Waals surface area contributed by atoms with Crippen molar-refractivity contribution >= 4 is 22.5 Å². The van der Waals surface area contributed by atoms with Crippen molar-refractivity contribution in [2.45, 2.75) is 17.9 Å². The summed E-state index contributed by atoms with van der Waals surface area (Å²) in [5.74, 6) is 1.98. The first kappa shape index (κ1) is 14.2. The zero-order valence-corrected chi connectivity index (χ0v) is 13.1. The molecule has 0 saturated heterocycles. The van der Waals surface area contributed by atoms with Gasteiger partial charge in [0.15, 0.2) is 0 Å². The summed E-state index contributed by atoms with van der Waals surface area (Å²) in [6.45, 7) is 2.01. The molecular formula is C18H19NOS. The lowest BCUT2D eigenvalue weighted by atomic mass is 10.0. The Kier molecular flexibility index (Phi) is 4.32. The maximum absolute atomic E-state index is 5.35. The van der Waals surface area contributed by atoms with E-state index >= 15 is 0 Å². The molecule has 0 fully saturated rings. The first-order valence-electron chi connectivity index (χ1n) is 7.11. The van der Waals surface area contributed by atoms with Crippen LogP contribution in [0.3, 0.4) is 0 Å². The van der Waals surface area contributed by atoms with Crippen molar-refractivity contribution in [2.75, 3.05) is 12.8 Å². The number of thioether (sulfide) groups is 1. The van der Waals surface area contributed by atoms with Crippen LogP contribution in [-0.4, -0.2) is 12.8 Å². The first-order chi connectivity index (χ1) is 10.3. The third-order valence-corrected chi connectivity index (χ3v) is 4.98. The summed E-state index contributed by atoms with van der Waals surface area (Å²) in [5.41, 5.74) is 1.32. The van der Waals surface area contributed by atoms with Crippen molar-refractivity contribution in [1.82, 2.24) is 5.32 Å². The third kappa shape index (κ3) is 3.14. The summed E-state index contributed by atoms with van der Waals surface area (Å²) >= 11 is 1.83. The number of nitrogens with one attached hydrogen (secondary N) is 1. The number of aryl methyl sites for hydroxylation is 1. The van der Waals surface area contributed by atoms with Crippen LogP contribution in [0, 0.1) is 6.92 Å². The van der Waals surface area contributed by atoms with Crippen molar-refractivity contribution in [3.8, 4) is 0 Å². The zero-order valence-electron chi connectivity index (χ0n) is 12.3. The third-order valence-electron chi connectivity index (χ3n) is 3.74. The fourth-order valence-electron chi connectivity index (χ4n) is 2.47. The molecule has 0 spiro atoms. The molecule has 0 bridgehead atoms. The molecular weight excluding hydrogens is 278 g/mol. The second-order valence-corrected chi connectivity index (χ2v) is 6.16. The number of benzene rings is 2. The molecule has 3 rings (SSSR count). The van der Waals surface area contributed by atoms with Gasteiger partial charge < -0.3 is 9.73 Å². The molecule has 21 heavy (non-hydrogen) atoms. The van der Waals surface area contributed by atoms with E-state index in [1.165, 1.54) is 21.2 Å². The van der Waals surface area contributed by atoms with Gasteiger partial charge >= 0.3 is 0 Å². The largest absolute Gasteiger partial charge is 0.468 e. The van der Waals surface area contributed by atoms with Gasteiger partial charge in [0.2, 0.25) is 0 Å². The van der Waals surface area contributed by atoms with Crippen LogP contribution in [0.4, 0.5) is 0 Å². The minimum atomic E-state index is 0.328. The molecule has 3 aromatic rings. The van der Waals surface area contributed by atoms with Gasteiger partial charge in [-0.25, -0.2) is 0 Å². The first-order valence-corrected chi connectivity index (χ1v) is 8.09. The van der Waals surface area contributed by atoms with Gasteiger partial charge in [-0.05, 0) is 42.4 Å². The number of hydrogen-bond acceptors (Lipinski definition) is 3. The van der Waals surface area contributed by atoms with Gasteiger partial charge in [0, 0.05) is 16.7 Å². The second-order valence-electron chi connectivity index (χ2n) is 5.10. The Morgan fingerprint density at radius 3 is 2.62 bits per heavy atom. The van der Waals surface area contributed by atoms with E-state index < -0.39 is 0 Å². The van der Waals surface area contributed by atoms with E-state index in [2.05, 4.69) is 47.8 Å². The molecule has 0 saturated carbocycles. The number of rotatable bonds is 5. The molecule has 0 aliphatic carbocycles. The molecule has 3 heteroatoms. The SMILES string of the molecule is CNC(CSc1ccoc1C)c1ccc2ccccc2c1. The van der Waals surface area contributed by atoms with Crippen LogP contribution >= 0.6 is 11.8 Å². The minimum absolute atomic E-state index is 0.328. The highest BCUT2D eigenvalue weighted by Gasteiger charge is 2.12. The lowest BCUT2D eigenvalue weighted by Crippen LogP contribution is -2.18. The van der Waals surface area contributed by atoms with E-state index in [0.29, 0.717) is 6.04 Å². The molecule has 1 unspecified atom stereocenters. The van der Waals surface area contributed by atoms with E-state index in [-0.39, 0.29) is 0 Å². The predicted molar refractivity (Wildman–Crippen MR) is 89.9 cm³/mol. The van der Waals surface area contributed by atoms with Crippen molar-refractivity contribution in [1.29, 1.82) is 0 Å². The summed E-state index contributed by atoms with van der Waals surface area (Å²) in [7, 11) is 2.02. The summed E-state index contributed by atoms with van der Waals surface area (Å²) < 4.78 is 5.35. The monoisotopic (exact) mass is 297 g/mol. The lowest BCUT2D eigenvalue weighted by Gasteiger charge is -2.16. The molecule has 2 nitrogen and oxygen atoms in total. The van der Waals surface area contributed by atoms with Crippen molar-refractivity contribution in [3.05, 3.63) is 66.1 Å². The number of hydrogen-bond donors (Lipinski definition) is 1. The fourth-order valence-corrected chi connectivity index (χ4v) is 3.58. The molecule has 1 heterocycles. The highest BCUT2D eigenvalue weighted by Crippen LogP contribution is 2.29. The second kappa shape index (κ2) is 6.37. The van der Waals surface area contributed by atoms with E-state index in [9.17, 15) is 0 Å². The highest BCUT2D eigenvalue weighted by atomic mass is 32.2. The quantitative estimate of drug-likeness (QED) is 0.685. The Morgan fingerprint density at radius 2 is 1.90 bits per heavy atom. The number of furan rings is 1. The lowest BCUT2D eigenvalue weighted by molar-refractivity contribution is 0.526. The van der Waals surface area contributed by atoms with Gasteiger partial charge in [0.05, 0.1) is 6.26 Å². The van der Waals surface area contributed by atoms with Crippen LogP contribution < -0.4 is 5.32 Å². The number of fused-ring (bicyclic) bond motifs is 1. The van der Waals surface area contributed by atoms with E-state index in [4.69, 9.17) is 4.42 Å². The van der Waals surface area contributed by atoms with E-state index in [0.717, 1.165) is 11.5 Å². The Labute approximate surface area is 129 Å². The van der Waals surface area contributed by atoms with Gasteiger partial charge in [-0.1, -0.05) is 36.4 Å². The fraction of sp³-hybridized carbons (Fsp3) is 0.222. The van der Waals surface area contributed by atoms with Gasteiger partial charge in [0.25, 0.3) is 0 Å². The van der Waals surface area contributed by atoms with E-state index in [1.54, 1.807) is 6.26 Å². The molecule has 0 aliphatic heterocycles. The van der Waals surface area contributed by atoms with Crippen molar-refractivity contribution in [3.63, 3.8) is 0 Å². The molecule has 108 valence electrons. The summed E-state index contributed by atoms with van der Waals surface area (Å²) in [6, 6.07) is 17.5. The highest BCUT2D eigenvalue weighted by molar-refractivity contribution is 7.99. The van der Waals surface area contributed by atoms with E-state index in [1.807, 2.05) is 31.8 Å². The van der Waals surface area contributed by atoms with Crippen molar-refractivity contribution < 1.29 is 4.42 Å². The van der Waals surface area contributed by atoms with Crippen LogP contribution in [0.25, 0.3) is 10.8 Å². The van der Waals surface area contributed by atoms with Gasteiger partial charge in [-0.3, -0.25) is 0 Å². The Morgan fingerprint density at radius 1 is 1.10 bits per heavy atom. The zero-order chi connectivity index (χ0) is 14.7. The van der Waals surface area contributed by atoms with Gasteiger partial charge in [-0.15, -0.1) is 11.8 Å². The standard InChI is InChI=1S/C18H19NOS/c1-13-18(9-10-20-13)21-12-17(19-2)16-8-7-14-5-3-4-6-15(14)11-16/h3-11,17,19H,12H2,1-2H3. The van der Waals surface area contributed by atoms with Crippen molar-refractivity contribution in [2.24, 2.45) is 0 Å². The smallest absolute Gasteiger partial charge is 0.114 e. The summed E-state index contributed by atoms with van der Waals surface area (Å²) in [5, 5.41) is 5.99. The molecule has 1 atom stereocenters. The van der Waals surface area contributed by atoms with Crippen LogP contribution in [-0.2, 0) is 0 Å². The Bertz CT molecular complexity index is 735. The average Bonchev–Trinajstić information content (AvgIpc) is 2.93. The topological polar surface area (TPSA) is 25.2 Å². The minimum Gasteiger partial charge on any atom is -0.468 e. The molecule has 2 aromatic carbocycles. The molecule has 1 N–H and O–H groups in total. The summed E-state index contributed by atoms with van der Waals surface area (Å²) in [6.07, 6.45) is 1.75. The van der Waals surface area contributed by atoms with Crippen LogP contribution in [0.2, 0.25) is 0 Å². The Balaban J connectivity index is 1.79. The summed E-state index contributed by atoms with van der Waals surface area (Å²) in [4.78, 5) is 1.22. The molecule has 1 aromatic heterocycles. The average molecular weight is 297 g/mol. The van der Waals surface area contributed by atoms with Gasteiger partial charge in [-0.2, -0.15) is 0 Å². The van der Waals surface area contributed by atoms with Crippen LogP contribution in [0.1, 0.15) is 17.4 Å². The Hall–Kier alpha value is -1.71. The van der Waals surface area contributed by atoms with Crippen LogP contribution in [0.5, 0.6) is 0 Å². The molecule has 0 aliphatic rings. The molecule has 0 radical (unpaired) electrons. The van der Waals surface area contributed by atoms with Gasteiger partial charge in [0.1, 0.15) is 5.76 Å². The maximum atomic E-state index is 5.35. The predicted octanol–water partition coefficient (Wildman–Crippen LogP) is 4.79. The molecule has 0 amide bonds. The van der Waals surface area contributed by atoms with Crippen LogP contribution in [0.15, 0.2) is 64.1 Å².